The van der Waals surface area contributed by atoms with Gasteiger partial charge in [0.25, 0.3) is 0 Å². The van der Waals surface area contributed by atoms with Gasteiger partial charge in [-0.15, -0.1) is 0 Å². The highest BCUT2D eigenvalue weighted by Gasteiger charge is 2.30. The van der Waals surface area contributed by atoms with Crippen molar-refractivity contribution < 1.29 is 19.7 Å². The molecule has 1 heterocycles. The molecular weight excluding hydrogens is 210 g/mol. The second kappa shape index (κ2) is 6.18. The van der Waals surface area contributed by atoms with Gasteiger partial charge < -0.3 is 20.3 Å². The molecule has 0 aromatic carbocycles. The summed E-state index contributed by atoms with van der Waals surface area (Å²) in [6, 6.07) is 0. The molecule has 0 amide bonds. The first-order valence-corrected chi connectivity index (χ1v) is 5.77. The van der Waals surface area contributed by atoms with Crippen molar-refractivity contribution in [3.8, 4) is 0 Å². The molecule has 5 nitrogen and oxygen atoms in total. The van der Waals surface area contributed by atoms with Crippen LogP contribution in [0.15, 0.2) is 0 Å². The van der Waals surface area contributed by atoms with Crippen molar-refractivity contribution in [3.63, 3.8) is 0 Å². The molecule has 16 heavy (non-hydrogen) atoms. The van der Waals surface area contributed by atoms with E-state index in [4.69, 9.17) is 9.84 Å². The minimum absolute atomic E-state index is 0.0412. The standard InChI is InChI=1S/C11H21NO4/c1-7(2)9(13)6-12-5-8-3-4-10(16-8)11(14)15/h7-10,12-13H,3-6H2,1-2H3,(H,14,15). The lowest BCUT2D eigenvalue weighted by Gasteiger charge is -2.17. The van der Waals surface area contributed by atoms with Crippen LogP contribution in [-0.2, 0) is 9.53 Å². The molecule has 3 N–H and O–H groups in total. The van der Waals surface area contributed by atoms with E-state index >= 15 is 0 Å². The van der Waals surface area contributed by atoms with Gasteiger partial charge in [-0.2, -0.15) is 0 Å². The minimum Gasteiger partial charge on any atom is -0.479 e. The third kappa shape index (κ3) is 4.08. The van der Waals surface area contributed by atoms with Gasteiger partial charge in [-0.05, 0) is 18.8 Å². The molecule has 0 spiro atoms. The normalized spacial score (nSPS) is 27.2. The van der Waals surface area contributed by atoms with E-state index in [1.54, 1.807) is 0 Å². The van der Waals surface area contributed by atoms with Crippen LogP contribution in [0.4, 0.5) is 0 Å². The molecule has 0 saturated carbocycles. The summed E-state index contributed by atoms with van der Waals surface area (Å²) in [6.07, 6.45) is 0.287. The molecule has 1 rings (SSSR count). The Hall–Kier alpha value is -0.650. The van der Waals surface area contributed by atoms with Gasteiger partial charge in [0.15, 0.2) is 6.10 Å². The van der Waals surface area contributed by atoms with Crippen LogP contribution in [0.5, 0.6) is 0 Å². The lowest BCUT2D eigenvalue weighted by Crippen LogP contribution is -2.35. The smallest absolute Gasteiger partial charge is 0.332 e. The molecule has 1 saturated heterocycles. The van der Waals surface area contributed by atoms with Gasteiger partial charge in [-0.25, -0.2) is 4.79 Å². The van der Waals surface area contributed by atoms with Crippen LogP contribution in [0.2, 0.25) is 0 Å². The zero-order chi connectivity index (χ0) is 12.1. The van der Waals surface area contributed by atoms with Crippen LogP contribution in [0.3, 0.4) is 0 Å². The number of ether oxygens (including phenoxy) is 1. The van der Waals surface area contributed by atoms with Gasteiger partial charge in [0.2, 0.25) is 0 Å². The summed E-state index contributed by atoms with van der Waals surface area (Å²) in [5.41, 5.74) is 0. The van der Waals surface area contributed by atoms with E-state index in [0.29, 0.717) is 19.5 Å². The molecule has 0 aliphatic carbocycles. The number of hydrogen-bond acceptors (Lipinski definition) is 4. The molecule has 3 atom stereocenters. The van der Waals surface area contributed by atoms with Crippen LogP contribution in [0, 0.1) is 5.92 Å². The first-order chi connectivity index (χ1) is 7.50. The number of carbonyl (C=O) groups is 1. The van der Waals surface area contributed by atoms with Crippen molar-refractivity contribution in [3.05, 3.63) is 0 Å². The van der Waals surface area contributed by atoms with E-state index in [1.165, 1.54) is 0 Å². The number of carboxylic acids is 1. The Morgan fingerprint density at radius 3 is 2.69 bits per heavy atom. The maximum absolute atomic E-state index is 10.6. The average molecular weight is 231 g/mol. The van der Waals surface area contributed by atoms with Crippen molar-refractivity contribution in [1.82, 2.24) is 5.32 Å². The molecule has 0 aromatic heterocycles. The third-order valence-corrected chi connectivity index (χ3v) is 2.88. The van der Waals surface area contributed by atoms with Gasteiger partial charge in [-0.1, -0.05) is 13.8 Å². The highest BCUT2D eigenvalue weighted by Crippen LogP contribution is 2.19. The summed E-state index contributed by atoms with van der Waals surface area (Å²) in [5.74, 6) is -0.659. The number of hydrogen-bond donors (Lipinski definition) is 3. The number of aliphatic hydroxyl groups is 1. The first kappa shape index (κ1) is 13.4. The summed E-state index contributed by atoms with van der Waals surface area (Å²) in [4.78, 5) is 10.6. The lowest BCUT2D eigenvalue weighted by molar-refractivity contribution is -0.149. The fourth-order valence-electron chi connectivity index (χ4n) is 1.67. The van der Waals surface area contributed by atoms with Crippen molar-refractivity contribution in [2.45, 2.75) is 45.0 Å². The quantitative estimate of drug-likeness (QED) is 0.609. The Morgan fingerprint density at radius 2 is 2.19 bits per heavy atom. The molecule has 1 fully saturated rings. The second-order valence-electron chi connectivity index (χ2n) is 4.63. The fourth-order valence-corrected chi connectivity index (χ4v) is 1.67. The molecule has 5 heteroatoms. The monoisotopic (exact) mass is 231 g/mol. The van der Waals surface area contributed by atoms with Gasteiger partial charge in [0, 0.05) is 13.1 Å². The van der Waals surface area contributed by atoms with E-state index in [9.17, 15) is 9.90 Å². The van der Waals surface area contributed by atoms with Gasteiger partial charge in [0.1, 0.15) is 0 Å². The largest absolute Gasteiger partial charge is 0.479 e. The predicted molar refractivity (Wildman–Crippen MR) is 59.2 cm³/mol. The van der Waals surface area contributed by atoms with E-state index in [-0.39, 0.29) is 18.1 Å². The molecule has 0 radical (unpaired) electrons. The minimum atomic E-state index is -0.885. The van der Waals surface area contributed by atoms with E-state index < -0.39 is 12.1 Å². The number of aliphatic carboxylic acids is 1. The number of carboxylic acid groups (broad SMARTS) is 1. The zero-order valence-electron chi connectivity index (χ0n) is 9.85. The van der Waals surface area contributed by atoms with Crippen LogP contribution < -0.4 is 5.32 Å². The van der Waals surface area contributed by atoms with Gasteiger partial charge >= 0.3 is 5.97 Å². The van der Waals surface area contributed by atoms with Crippen LogP contribution in [0.1, 0.15) is 26.7 Å². The summed E-state index contributed by atoms with van der Waals surface area (Å²) in [7, 11) is 0. The number of nitrogens with one attached hydrogen (secondary N) is 1. The molecule has 0 bridgehead atoms. The Kier molecular flexibility index (Phi) is 5.18. The van der Waals surface area contributed by atoms with Gasteiger partial charge in [-0.3, -0.25) is 0 Å². The van der Waals surface area contributed by atoms with Crippen molar-refractivity contribution in [2.24, 2.45) is 5.92 Å². The van der Waals surface area contributed by atoms with E-state index in [1.807, 2.05) is 13.8 Å². The predicted octanol–water partition coefficient (Wildman–Crippen LogP) is 0.225. The second-order valence-corrected chi connectivity index (χ2v) is 4.63. The summed E-state index contributed by atoms with van der Waals surface area (Å²) in [6.45, 7) is 5.04. The molecule has 1 aliphatic rings. The highest BCUT2D eigenvalue weighted by molar-refractivity contribution is 5.72. The lowest BCUT2D eigenvalue weighted by atomic mass is 10.1. The van der Waals surface area contributed by atoms with Crippen molar-refractivity contribution in [1.29, 1.82) is 0 Å². The SMILES string of the molecule is CC(C)C(O)CNCC1CCC(C(=O)O)O1. The maximum atomic E-state index is 10.6. The first-order valence-electron chi connectivity index (χ1n) is 5.77. The van der Waals surface area contributed by atoms with Crippen molar-refractivity contribution in [2.75, 3.05) is 13.1 Å². The Morgan fingerprint density at radius 1 is 1.50 bits per heavy atom. The van der Waals surface area contributed by atoms with E-state index in [0.717, 1.165) is 6.42 Å². The summed E-state index contributed by atoms with van der Waals surface area (Å²) in [5, 5.41) is 21.4. The number of aliphatic hydroxyl groups excluding tert-OH is 1. The number of rotatable bonds is 6. The Labute approximate surface area is 95.8 Å². The zero-order valence-corrected chi connectivity index (χ0v) is 9.85. The van der Waals surface area contributed by atoms with Crippen LogP contribution >= 0.6 is 0 Å². The highest BCUT2D eigenvalue weighted by atomic mass is 16.5. The Balaban J connectivity index is 2.13. The Bertz CT molecular complexity index is 232. The summed E-state index contributed by atoms with van der Waals surface area (Å²) < 4.78 is 5.32. The average Bonchev–Trinajstić information content (AvgIpc) is 2.66. The topological polar surface area (TPSA) is 78.8 Å². The molecule has 1 aliphatic heterocycles. The van der Waals surface area contributed by atoms with Crippen LogP contribution in [0.25, 0.3) is 0 Å². The fraction of sp³-hybridized carbons (Fsp3) is 0.909. The van der Waals surface area contributed by atoms with Crippen molar-refractivity contribution >= 4 is 5.97 Å². The van der Waals surface area contributed by atoms with E-state index in [2.05, 4.69) is 5.32 Å². The van der Waals surface area contributed by atoms with Gasteiger partial charge in [0.05, 0.1) is 12.2 Å². The maximum Gasteiger partial charge on any atom is 0.332 e. The third-order valence-electron chi connectivity index (χ3n) is 2.88. The van der Waals surface area contributed by atoms with Crippen LogP contribution in [-0.4, -0.2) is 47.6 Å². The summed E-state index contributed by atoms with van der Waals surface area (Å²) >= 11 is 0. The molecule has 3 unspecified atom stereocenters. The molecule has 0 aromatic rings. The molecular formula is C11H21NO4. The molecule has 94 valence electrons.